The Morgan fingerprint density at radius 2 is 2.18 bits per heavy atom. The maximum atomic E-state index is 11.4. The van der Waals surface area contributed by atoms with Crippen molar-refractivity contribution in [3.05, 3.63) is 23.8 Å². The second kappa shape index (κ2) is 6.13. The van der Waals surface area contributed by atoms with Crippen LogP contribution in [-0.4, -0.2) is 18.6 Å². The summed E-state index contributed by atoms with van der Waals surface area (Å²) < 4.78 is 5.36. The Morgan fingerprint density at radius 1 is 1.47 bits per heavy atom. The molecule has 0 atom stereocenters. The van der Waals surface area contributed by atoms with Gasteiger partial charge < -0.3 is 15.8 Å². The number of ether oxygens (including phenoxy) is 1. The molecule has 0 spiro atoms. The van der Waals surface area contributed by atoms with Crippen molar-refractivity contribution in [1.82, 2.24) is 5.32 Å². The summed E-state index contributed by atoms with van der Waals surface area (Å²) in [6, 6.07) is 5.74. The number of hydrogen-bond donors (Lipinski definition) is 2. The second-order valence-electron chi connectivity index (χ2n) is 4.24. The van der Waals surface area contributed by atoms with E-state index in [0.29, 0.717) is 11.4 Å². The molecule has 0 aliphatic heterocycles. The lowest BCUT2D eigenvalue weighted by molar-refractivity contribution is -0.123. The number of rotatable bonds is 5. The molecule has 0 saturated carbocycles. The molecule has 0 aliphatic carbocycles. The Balaban J connectivity index is 2.55. The number of nitrogens with two attached hydrogens (primary N) is 1. The van der Waals surface area contributed by atoms with Crippen molar-refractivity contribution in [3.8, 4) is 5.75 Å². The first-order chi connectivity index (χ1) is 8.02. The van der Waals surface area contributed by atoms with E-state index in [1.807, 2.05) is 26.0 Å². The third kappa shape index (κ3) is 4.34. The molecule has 0 heterocycles. The molecule has 1 aromatic rings. The number of aryl methyl sites for hydroxylation is 1. The molecular weight excluding hydrogens is 216 g/mol. The number of anilines is 1. The monoisotopic (exact) mass is 236 g/mol. The van der Waals surface area contributed by atoms with Gasteiger partial charge in [-0.15, -0.1) is 0 Å². The van der Waals surface area contributed by atoms with Crippen LogP contribution in [0.5, 0.6) is 5.75 Å². The molecule has 0 radical (unpaired) electrons. The summed E-state index contributed by atoms with van der Waals surface area (Å²) in [5.74, 6) is 0.417. The van der Waals surface area contributed by atoms with E-state index < -0.39 is 0 Å². The zero-order valence-corrected chi connectivity index (χ0v) is 10.6. The highest BCUT2D eigenvalue weighted by molar-refractivity contribution is 5.78. The summed E-state index contributed by atoms with van der Waals surface area (Å²) in [6.07, 6.45) is 0.929. The van der Waals surface area contributed by atoms with Crippen LogP contribution < -0.4 is 15.8 Å². The maximum Gasteiger partial charge on any atom is 0.258 e. The SMILES string of the molecule is CCc1ccc(OCC(=O)NC(C)C)c(N)c1. The van der Waals surface area contributed by atoms with E-state index in [1.54, 1.807) is 6.07 Å². The zero-order chi connectivity index (χ0) is 12.8. The summed E-state index contributed by atoms with van der Waals surface area (Å²) in [5, 5.41) is 2.75. The number of amides is 1. The van der Waals surface area contributed by atoms with Crippen molar-refractivity contribution in [3.63, 3.8) is 0 Å². The summed E-state index contributed by atoms with van der Waals surface area (Å²) in [4.78, 5) is 11.4. The largest absolute Gasteiger partial charge is 0.482 e. The van der Waals surface area contributed by atoms with Crippen LogP contribution in [0.4, 0.5) is 5.69 Å². The minimum atomic E-state index is -0.140. The lowest BCUT2D eigenvalue weighted by atomic mass is 10.1. The predicted octanol–water partition coefficient (Wildman–Crippen LogP) is 1.73. The third-order valence-corrected chi connectivity index (χ3v) is 2.29. The molecular formula is C13H20N2O2. The molecule has 0 unspecified atom stereocenters. The first-order valence-corrected chi connectivity index (χ1v) is 5.83. The van der Waals surface area contributed by atoms with Crippen LogP contribution in [0.25, 0.3) is 0 Å². The molecule has 94 valence electrons. The minimum absolute atomic E-state index is 0.00610. The zero-order valence-electron chi connectivity index (χ0n) is 10.6. The van der Waals surface area contributed by atoms with Crippen molar-refractivity contribution in [2.45, 2.75) is 33.2 Å². The molecule has 3 N–H and O–H groups in total. The lowest BCUT2D eigenvalue weighted by Gasteiger charge is -2.11. The van der Waals surface area contributed by atoms with Crippen LogP contribution in [0, 0.1) is 0 Å². The Hall–Kier alpha value is -1.71. The van der Waals surface area contributed by atoms with E-state index in [-0.39, 0.29) is 18.6 Å². The van der Waals surface area contributed by atoms with Crippen molar-refractivity contribution in [2.75, 3.05) is 12.3 Å². The number of nitrogens with one attached hydrogen (secondary N) is 1. The van der Waals surface area contributed by atoms with Gasteiger partial charge in [-0.1, -0.05) is 13.0 Å². The van der Waals surface area contributed by atoms with Gasteiger partial charge in [0.2, 0.25) is 0 Å². The van der Waals surface area contributed by atoms with Crippen LogP contribution in [-0.2, 0) is 11.2 Å². The van der Waals surface area contributed by atoms with Gasteiger partial charge >= 0.3 is 0 Å². The molecule has 1 rings (SSSR count). The van der Waals surface area contributed by atoms with E-state index in [1.165, 1.54) is 0 Å². The molecule has 17 heavy (non-hydrogen) atoms. The highest BCUT2D eigenvalue weighted by Crippen LogP contribution is 2.22. The van der Waals surface area contributed by atoms with E-state index >= 15 is 0 Å². The minimum Gasteiger partial charge on any atom is -0.482 e. The molecule has 0 aliphatic rings. The van der Waals surface area contributed by atoms with Crippen LogP contribution in [0.3, 0.4) is 0 Å². The topological polar surface area (TPSA) is 64.3 Å². The van der Waals surface area contributed by atoms with Gasteiger partial charge in [0.15, 0.2) is 6.61 Å². The first-order valence-electron chi connectivity index (χ1n) is 5.83. The number of hydrogen-bond acceptors (Lipinski definition) is 3. The quantitative estimate of drug-likeness (QED) is 0.765. The lowest BCUT2D eigenvalue weighted by Crippen LogP contribution is -2.34. The normalized spacial score (nSPS) is 10.4. The van der Waals surface area contributed by atoms with Crippen molar-refractivity contribution < 1.29 is 9.53 Å². The van der Waals surface area contributed by atoms with E-state index in [9.17, 15) is 4.79 Å². The summed E-state index contributed by atoms with van der Waals surface area (Å²) >= 11 is 0. The predicted molar refractivity (Wildman–Crippen MR) is 69.0 cm³/mol. The average Bonchev–Trinajstić information content (AvgIpc) is 2.26. The van der Waals surface area contributed by atoms with E-state index in [0.717, 1.165) is 12.0 Å². The fourth-order valence-electron chi connectivity index (χ4n) is 1.46. The van der Waals surface area contributed by atoms with Gasteiger partial charge in [0.25, 0.3) is 5.91 Å². The number of carbonyl (C=O) groups is 1. The Morgan fingerprint density at radius 3 is 2.71 bits per heavy atom. The van der Waals surface area contributed by atoms with Gasteiger partial charge in [-0.05, 0) is 38.0 Å². The Labute approximate surface area is 102 Å². The van der Waals surface area contributed by atoms with E-state index in [2.05, 4.69) is 12.2 Å². The average molecular weight is 236 g/mol. The Kier molecular flexibility index (Phi) is 4.82. The molecule has 0 aromatic heterocycles. The van der Waals surface area contributed by atoms with Crippen molar-refractivity contribution in [1.29, 1.82) is 0 Å². The van der Waals surface area contributed by atoms with Gasteiger partial charge in [0.05, 0.1) is 5.69 Å². The van der Waals surface area contributed by atoms with Crippen LogP contribution in [0.1, 0.15) is 26.3 Å². The fraction of sp³-hybridized carbons (Fsp3) is 0.462. The molecule has 1 amide bonds. The van der Waals surface area contributed by atoms with Gasteiger partial charge in [0.1, 0.15) is 5.75 Å². The molecule has 4 nitrogen and oxygen atoms in total. The van der Waals surface area contributed by atoms with Crippen LogP contribution in [0.2, 0.25) is 0 Å². The third-order valence-electron chi connectivity index (χ3n) is 2.29. The smallest absolute Gasteiger partial charge is 0.258 e. The van der Waals surface area contributed by atoms with Crippen molar-refractivity contribution >= 4 is 11.6 Å². The molecule has 4 heteroatoms. The highest BCUT2D eigenvalue weighted by Gasteiger charge is 2.06. The molecule has 0 saturated heterocycles. The molecule has 0 fully saturated rings. The van der Waals surface area contributed by atoms with Gasteiger partial charge in [-0.25, -0.2) is 0 Å². The first kappa shape index (κ1) is 13.4. The summed E-state index contributed by atoms with van der Waals surface area (Å²) in [7, 11) is 0. The number of benzene rings is 1. The van der Waals surface area contributed by atoms with Crippen LogP contribution in [0.15, 0.2) is 18.2 Å². The van der Waals surface area contributed by atoms with Gasteiger partial charge in [-0.3, -0.25) is 4.79 Å². The number of carbonyl (C=O) groups excluding carboxylic acids is 1. The summed E-state index contributed by atoms with van der Waals surface area (Å²) in [6.45, 7) is 5.86. The highest BCUT2D eigenvalue weighted by atomic mass is 16.5. The maximum absolute atomic E-state index is 11.4. The number of nitrogen functional groups attached to an aromatic ring is 1. The van der Waals surface area contributed by atoms with Gasteiger partial charge in [0, 0.05) is 6.04 Å². The van der Waals surface area contributed by atoms with Crippen LogP contribution >= 0.6 is 0 Å². The standard InChI is InChI=1S/C13H20N2O2/c1-4-10-5-6-12(11(14)7-10)17-8-13(16)15-9(2)3/h5-7,9H,4,8,14H2,1-3H3,(H,15,16). The second-order valence-corrected chi connectivity index (χ2v) is 4.24. The Bertz CT molecular complexity index is 389. The molecule has 0 bridgehead atoms. The summed E-state index contributed by atoms with van der Waals surface area (Å²) in [5.41, 5.74) is 7.55. The van der Waals surface area contributed by atoms with E-state index in [4.69, 9.17) is 10.5 Å². The van der Waals surface area contributed by atoms with Crippen molar-refractivity contribution in [2.24, 2.45) is 0 Å². The molecule has 1 aromatic carbocycles. The fourth-order valence-corrected chi connectivity index (χ4v) is 1.46. The van der Waals surface area contributed by atoms with Gasteiger partial charge in [-0.2, -0.15) is 0 Å².